The second-order valence-corrected chi connectivity index (χ2v) is 7.70. The van der Waals surface area contributed by atoms with E-state index < -0.39 is 0 Å². The van der Waals surface area contributed by atoms with E-state index in [9.17, 15) is 4.79 Å². The van der Waals surface area contributed by atoms with Gasteiger partial charge in [0.25, 0.3) is 0 Å². The number of hydrogen-bond acceptors (Lipinski definition) is 4. The fourth-order valence-corrected chi connectivity index (χ4v) is 3.79. The van der Waals surface area contributed by atoms with Crippen molar-refractivity contribution in [2.45, 2.75) is 32.1 Å². The van der Waals surface area contributed by atoms with E-state index >= 15 is 0 Å². The summed E-state index contributed by atoms with van der Waals surface area (Å²) in [4.78, 5) is 14.0. The van der Waals surface area contributed by atoms with Crippen molar-refractivity contribution < 1.29 is 9.53 Å². The van der Waals surface area contributed by atoms with Crippen LogP contribution in [-0.4, -0.2) is 41.4 Å². The maximum atomic E-state index is 11.5. The number of rotatable bonds is 4. The van der Waals surface area contributed by atoms with E-state index in [0.29, 0.717) is 4.75 Å². The smallest absolute Gasteiger partial charge is 0.159 e. The molecule has 2 rings (SSSR count). The maximum absolute atomic E-state index is 11.5. The average Bonchev–Trinajstić information content (AvgIpc) is 2.37. The van der Waals surface area contributed by atoms with Crippen molar-refractivity contribution in [1.82, 2.24) is 4.90 Å². The Kier molecular flexibility index (Phi) is 4.76. The lowest BCUT2D eigenvalue weighted by molar-refractivity contribution is 0.101. The third-order valence-corrected chi connectivity index (χ3v) is 4.88. The van der Waals surface area contributed by atoms with E-state index in [1.54, 1.807) is 14.0 Å². The van der Waals surface area contributed by atoms with Gasteiger partial charge >= 0.3 is 0 Å². The van der Waals surface area contributed by atoms with Gasteiger partial charge in [0.15, 0.2) is 5.78 Å². The Labute approximate surface area is 125 Å². The summed E-state index contributed by atoms with van der Waals surface area (Å²) in [5, 5.41) is 0. The van der Waals surface area contributed by atoms with Crippen LogP contribution in [-0.2, 0) is 6.54 Å². The molecular weight excluding hydrogens is 270 g/mol. The number of methoxy groups -OCH3 is 1. The highest BCUT2D eigenvalue weighted by Gasteiger charge is 2.27. The second-order valence-electron chi connectivity index (χ2n) is 5.90. The number of nitrogens with zero attached hydrogens (tertiary/aromatic N) is 1. The van der Waals surface area contributed by atoms with Crippen LogP contribution in [0.3, 0.4) is 0 Å². The van der Waals surface area contributed by atoms with E-state index in [2.05, 4.69) is 18.7 Å². The quantitative estimate of drug-likeness (QED) is 0.797. The molecule has 0 radical (unpaired) electrons. The van der Waals surface area contributed by atoms with Crippen LogP contribution in [0.5, 0.6) is 5.75 Å². The topological polar surface area (TPSA) is 29.5 Å². The predicted molar refractivity (Wildman–Crippen MR) is 84.8 cm³/mol. The van der Waals surface area contributed by atoms with Crippen LogP contribution < -0.4 is 4.74 Å². The summed E-state index contributed by atoms with van der Waals surface area (Å²) in [5.41, 5.74) is 1.86. The lowest BCUT2D eigenvalue weighted by Crippen LogP contribution is -2.42. The molecule has 4 heteroatoms. The average molecular weight is 293 g/mol. The summed E-state index contributed by atoms with van der Waals surface area (Å²) in [6.45, 7) is 9.16. The van der Waals surface area contributed by atoms with Crippen molar-refractivity contribution in [3.8, 4) is 5.75 Å². The van der Waals surface area contributed by atoms with E-state index in [0.717, 1.165) is 42.3 Å². The fourth-order valence-electron chi connectivity index (χ4n) is 2.61. The minimum atomic E-state index is 0.100. The summed E-state index contributed by atoms with van der Waals surface area (Å²) in [5.74, 6) is 2.12. The molecule has 0 amide bonds. The molecule has 1 saturated heterocycles. The summed E-state index contributed by atoms with van der Waals surface area (Å²) >= 11 is 2.03. The van der Waals surface area contributed by atoms with Gasteiger partial charge in [0.2, 0.25) is 0 Å². The highest BCUT2D eigenvalue weighted by molar-refractivity contribution is 8.00. The van der Waals surface area contributed by atoms with Gasteiger partial charge in [0.1, 0.15) is 5.75 Å². The molecular formula is C16H23NO2S. The minimum absolute atomic E-state index is 0.100. The Morgan fingerprint density at radius 3 is 2.80 bits per heavy atom. The molecule has 0 bridgehead atoms. The molecule has 0 saturated carbocycles. The minimum Gasteiger partial charge on any atom is -0.496 e. The van der Waals surface area contributed by atoms with Crippen LogP contribution in [0.4, 0.5) is 0 Å². The normalized spacial score (nSPS) is 18.8. The number of ketones is 1. The predicted octanol–water partition coefficient (Wildman–Crippen LogP) is 3.23. The van der Waals surface area contributed by atoms with Gasteiger partial charge in [-0.15, -0.1) is 0 Å². The van der Waals surface area contributed by atoms with E-state index in [1.807, 2.05) is 30.0 Å². The lowest BCUT2D eigenvalue weighted by atomic mass is 10.1. The van der Waals surface area contributed by atoms with Crippen molar-refractivity contribution in [3.63, 3.8) is 0 Å². The van der Waals surface area contributed by atoms with E-state index in [-0.39, 0.29) is 5.78 Å². The first-order chi connectivity index (χ1) is 9.41. The molecule has 0 aromatic heterocycles. The van der Waals surface area contributed by atoms with Crippen molar-refractivity contribution in [1.29, 1.82) is 0 Å². The molecule has 0 atom stereocenters. The van der Waals surface area contributed by atoms with Gasteiger partial charge in [-0.25, -0.2) is 0 Å². The molecule has 110 valence electrons. The van der Waals surface area contributed by atoms with Gasteiger partial charge in [-0.3, -0.25) is 9.69 Å². The van der Waals surface area contributed by atoms with Crippen molar-refractivity contribution in [2.24, 2.45) is 0 Å². The van der Waals surface area contributed by atoms with Gasteiger partial charge in [0.05, 0.1) is 7.11 Å². The molecule has 3 nitrogen and oxygen atoms in total. The number of benzene rings is 1. The zero-order valence-corrected chi connectivity index (χ0v) is 13.5. The monoisotopic (exact) mass is 293 g/mol. The van der Waals surface area contributed by atoms with Gasteiger partial charge < -0.3 is 4.74 Å². The molecule has 0 aliphatic carbocycles. The van der Waals surface area contributed by atoms with Gasteiger partial charge in [-0.1, -0.05) is 0 Å². The number of carbonyl (C=O) groups excluding carboxylic acids is 1. The third kappa shape index (κ3) is 3.76. The number of Topliss-reactive ketones (excluding diaryl/α,β-unsaturated/α-hetero) is 1. The first-order valence-corrected chi connectivity index (χ1v) is 7.94. The first-order valence-electron chi connectivity index (χ1n) is 6.95. The molecule has 0 unspecified atom stereocenters. The van der Waals surface area contributed by atoms with Gasteiger partial charge in [-0.05, 0) is 39.0 Å². The Hall–Kier alpha value is -1.00. The largest absolute Gasteiger partial charge is 0.496 e. The number of ether oxygens (including phenoxy) is 1. The summed E-state index contributed by atoms with van der Waals surface area (Å²) < 4.78 is 5.73. The van der Waals surface area contributed by atoms with Crippen molar-refractivity contribution in [3.05, 3.63) is 29.3 Å². The SMILES string of the molecule is COc1ccc(C(C)=O)cc1CN1CCSC(C)(C)C1. The lowest BCUT2D eigenvalue weighted by Gasteiger charge is -2.37. The highest BCUT2D eigenvalue weighted by atomic mass is 32.2. The first kappa shape index (κ1) is 15.4. The van der Waals surface area contributed by atoms with E-state index in [4.69, 9.17) is 4.74 Å². The Morgan fingerprint density at radius 1 is 1.45 bits per heavy atom. The zero-order valence-electron chi connectivity index (χ0n) is 12.7. The van der Waals surface area contributed by atoms with Crippen LogP contribution >= 0.6 is 11.8 Å². The highest BCUT2D eigenvalue weighted by Crippen LogP contribution is 2.31. The fraction of sp³-hybridized carbons (Fsp3) is 0.562. The molecule has 1 aliphatic heterocycles. The zero-order chi connectivity index (χ0) is 14.8. The molecule has 1 heterocycles. The second kappa shape index (κ2) is 6.19. The standard InChI is InChI=1S/C16H23NO2S/c1-12(18)13-5-6-15(19-4)14(9-13)10-17-7-8-20-16(2,3)11-17/h5-6,9H,7-8,10-11H2,1-4H3. The van der Waals surface area contributed by atoms with Crippen LogP contribution in [0.15, 0.2) is 18.2 Å². The molecule has 1 aliphatic rings. The van der Waals surface area contributed by atoms with Crippen molar-refractivity contribution >= 4 is 17.5 Å². The Morgan fingerprint density at radius 2 is 2.20 bits per heavy atom. The van der Waals surface area contributed by atoms with Crippen LogP contribution in [0.2, 0.25) is 0 Å². The van der Waals surface area contributed by atoms with Crippen molar-refractivity contribution in [2.75, 3.05) is 26.0 Å². The van der Waals surface area contributed by atoms with Crippen LogP contribution in [0.25, 0.3) is 0 Å². The number of thioether (sulfide) groups is 1. The van der Waals surface area contributed by atoms with E-state index in [1.165, 1.54) is 0 Å². The molecule has 0 N–H and O–H groups in total. The maximum Gasteiger partial charge on any atom is 0.159 e. The third-order valence-electron chi connectivity index (χ3n) is 3.59. The van der Waals surface area contributed by atoms with Gasteiger partial charge in [0, 0.05) is 41.3 Å². The van der Waals surface area contributed by atoms with Crippen LogP contribution in [0.1, 0.15) is 36.7 Å². The number of hydrogen-bond donors (Lipinski definition) is 0. The molecule has 0 spiro atoms. The molecule has 1 fully saturated rings. The summed E-state index contributed by atoms with van der Waals surface area (Å²) in [6, 6.07) is 5.70. The van der Waals surface area contributed by atoms with Crippen LogP contribution in [0, 0.1) is 0 Å². The summed E-state index contributed by atoms with van der Waals surface area (Å²) in [6.07, 6.45) is 0. The molecule has 1 aromatic carbocycles. The Bertz CT molecular complexity index is 499. The molecule has 20 heavy (non-hydrogen) atoms. The Balaban J connectivity index is 2.18. The van der Waals surface area contributed by atoms with Gasteiger partial charge in [-0.2, -0.15) is 11.8 Å². The number of carbonyl (C=O) groups is 1. The molecule has 1 aromatic rings. The summed E-state index contributed by atoms with van der Waals surface area (Å²) in [7, 11) is 1.68.